The largest absolute Gasteiger partial charge is 0.464 e. The molecule has 0 N–H and O–H groups in total. The average molecular weight is 402 g/mol. The average Bonchev–Trinajstić information content (AvgIpc) is 3.29. The summed E-state index contributed by atoms with van der Waals surface area (Å²) in [6, 6.07) is 16.0. The third-order valence-corrected chi connectivity index (χ3v) is 5.21. The Morgan fingerprint density at radius 3 is 2.57 bits per heavy atom. The molecule has 5 rings (SSSR count). The number of hydrogen-bond donors (Lipinski definition) is 0. The molecular formula is C21H18N6O3. The van der Waals surface area contributed by atoms with E-state index in [1.807, 2.05) is 30.3 Å². The van der Waals surface area contributed by atoms with Crippen molar-refractivity contribution in [3.05, 3.63) is 76.6 Å². The van der Waals surface area contributed by atoms with Crippen molar-refractivity contribution in [1.82, 2.24) is 25.1 Å². The van der Waals surface area contributed by atoms with Gasteiger partial charge in [-0.2, -0.15) is 4.68 Å². The maximum Gasteiger partial charge on any atom is 0.254 e. The fourth-order valence-corrected chi connectivity index (χ4v) is 3.62. The second kappa shape index (κ2) is 7.43. The van der Waals surface area contributed by atoms with Crippen LogP contribution in [0.15, 0.2) is 70.1 Å². The van der Waals surface area contributed by atoms with E-state index in [1.54, 1.807) is 27.8 Å². The molecule has 3 heterocycles. The Balaban J connectivity index is 1.32. The van der Waals surface area contributed by atoms with Gasteiger partial charge in [0.05, 0.1) is 17.3 Å². The van der Waals surface area contributed by atoms with Gasteiger partial charge < -0.3 is 14.2 Å². The molecule has 2 aromatic heterocycles. The highest BCUT2D eigenvalue weighted by molar-refractivity contribution is 5.97. The van der Waals surface area contributed by atoms with Gasteiger partial charge in [-0.25, -0.2) is 0 Å². The minimum Gasteiger partial charge on any atom is -0.464 e. The Bertz CT molecular complexity index is 1260. The molecule has 1 aliphatic heterocycles. The number of piperazine rings is 1. The van der Waals surface area contributed by atoms with Crippen molar-refractivity contribution >= 4 is 22.8 Å². The van der Waals surface area contributed by atoms with Crippen molar-refractivity contribution in [2.24, 2.45) is 0 Å². The second-order valence-electron chi connectivity index (χ2n) is 7.00. The van der Waals surface area contributed by atoms with Gasteiger partial charge in [0.25, 0.3) is 5.91 Å². The number of carbonyl (C=O) groups excluding carboxylic acids is 1. The minimum absolute atomic E-state index is 0.0919. The summed E-state index contributed by atoms with van der Waals surface area (Å²) in [6.07, 6.45) is 1.34. The number of hydrogen-bond acceptors (Lipinski definition) is 7. The number of tetrazole rings is 1. The lowest BCUT2D eigenvalue weighted by molar-refractivity contribution is 0.0746. The maximum absolute atomic E-state index is 13.0. The lowest BCUT2D eigenvalue weighted by Crippen LogP contribution is -2.49. The summed E-state index contributed by atoms with van der Waals surface area (Å²) in [4.78, 5) is 28.7. The molecule has 0 spiro atoms. The van der Waals surface area contributed by atoms with Gasteiger partial charge >= 0.3 is 0 Å². The van der Waals surface area contributed by atoms with Gasteiger partial charge in [-0.3, -0.25) is 9.59 Å². The van der Waals surface area contributed by atoms with E-state index in [1.165, 1.54) is 12.3 Å². The molecule has 0 radical (unpaired) electrons. The second-order valence-corrected chi connectivity index (χ2v) is 7.00. The standard InChI is InChI=1S/C21H18N6O3/c28-18-8-13-30-19-14-15(6-7-17(18)19)20(29)25-9-11-26(12-10-25)21-22-23-24-27(21)16-4-2-1-3-5-16/h1-8,13-14H,9-12H2. The zero-order valence-electron chi connectivity index (χ0n) is 16.0. The first-order chi connectivity index (χ1) is 14.7. The first kappa shape index (κ1) is 18.0. The van der Waals surface area contributed by atoms with Crippen molar-refractivity contribution in [2.45, 2.75) is 0 Å². The van der Waals surface area contributed by atoms with E-state index in [0.29, 0.717) is 48.7 Å². The number of anilines is 1. The smallest absolute Gasteiger partial charge is 0.254 e. The van der Waals surface area contributed by atoms with Gasteiger partial charge in [0.2, 0.25) is 5.95 Å². The highest BCUT2D eigenvalue weighted by Crippen LogP contribution is 2.19. The van der Waals surface area contributed by atoms with Gasteiger partial charge in [-0.05, 0) is 40.8 Å². The fraction of sp³-hybridized carbons (Fsp3) is 0.190. The van der Waals surface area contributed by atoms with Crippen LogP contribution < -0.4 is 10.3 Å². The number of para-hydroxylation sites is 1. The van der Waals surface area contributed by atoms with Crippen LogP contribution in [0.2, 0.25) is 0 Å². The van der Waals surface area contributed by atoms with Crippen LogP contribution in [-0.4, -0.2) is 57.2 Å². The highest BCUT2D eigenvalue weighted by atomic mass is 16.3. The van der Waals surface area contributed by atoms with Gasteiger partial charge in [0.1, 0.15) is 5.58 Å². The van der Waals surface area contributed by atoms with E-state index in [2.05, 4.69) is 20.4 Å². The molecule has 0 unspecified atom stereocenters. The summed E-state index contributed by atoms with van der Waals surface area (Å²) in [7, 11) is 0. The van der Waals surface area contributed by atoms with Crippen molar-refractivity contribution in [3.8, 4) is 5.69 Å². The topological polar surface area (TPSA) is 97.4 Å². The van der Waals surface area contributed by atoms with E-state index in [-0.39, 0.29) is 11.3 Å². The monoisotopic (exact) mass is 402 g/mol. The zero-order chi connectivity index (χ0) is 20.5. The Hall–Kier alpha value is -4.01. The van der Waals surface area contributed by atoms with Gasteiger partial charge in [0.15, 0.2) is 5.43 Å². The van der Waals surface area contributed by atoms with Crippen molar-refractivity contribution in [1.29, 1.82) is 0 Å². The van der Waals surface area contributed by atoms with Crippen molar-refractivity contribution in [3.63, 3.8) is 0 Å². The zero-order valence-corrected chi connectivity index (χ0v) is 16.0. The van der Waals surface area contributed by atoms with Crippen LogP contribution in [-0.2, 0) is 0 Å². The van der Waals surface area contributed by atoms with Crippen LogP contribution >= 0.6 is 0 Å². The van der Waals surface area contributed by atoms with Crippen molar-refractivity contribution < 1.29 is 9.21 Å². The lowest BCUT2D eigenvalue weighted by Gasteiger charge is -2.34. The highest BCUT2D eigenvalue weighted by Gasteiger charge is 2.25. The number of fused-ring (bicyclic) bond motifs is 1. The summed E-state index contributed by atoms with van der Waals surface area (Å²) < 4.78 is 7.09. The number of amides is 1. The molecule has 4 aromatic rings. The summed E-state index contributed by atoms with van der Waals surface area (Å²) >= 11 is 0. The Morgan fingerprint density at radius 1 is 0.967 bits per heavy atom. The van der Waals surface area contributed by atoms with Gasteiger partial charge in [-0.1, -0.05) is 23.3 Å². The predicted octanol–water partition coefficient (Wildman–Crippen LogP) is 1.73. The summed E-state index contributed by atoms with van der Waals surface area (Å²) in [5.74, 6) is 0.562. The molecule has 1 amide bonds. The number of rotatable bonds is 3. The molecular weight excluding hydrogens is 384 g/mol. The van der Waals surface area contributed by atoms with Gasteiger partial charge in [0, 0.05) is 37.8 Å². The predicted molar refractivity (Wildman–Crippen MR) is 110 cm³/mol. The van der Waals surface area contributed by atoms with Crippen LogP contribution in [0.3, 0.4) is 0 Å². The minimum atomic E-state index is -0.125. The molecule has 0 saturated carbocycles. The van der Waals surface area contributed by atoms with Crippen LogP contribution in [0, 0.1) is 0 Å². The van der Waals surface area contributed by atoms with Gasteiger partial charge in [-0.15, -0.1) is 0 Å². The van der Waals surface area contributed by atoms with E-state index in [0.717, 1.165) is 5.69 Å². The third-order valence-electron chi connectivity index (χ3n) is 5.21. The SMILES string of the molecule is O=C(c1ccc2c(=O)ccoc2c1)N1CCN(c2nnnn2-c2ccccc2)CC1. The van der Waals surface area contributed by atoms with Crippen LogP contribution in [0.4, 0.5) is 5.95 Å². The summed E-state index contributed by atoms with van der Waals surface area (Å²) in [5.41, 5.74) is 1.67. The molecule has 150 valence electrons. The van der Waals surface area contributed by atoms with Crippen molar-refractivity contribution in [2.75, 3.05) is 31.1 Å². The molecule has 2 aromatic carbocycles. The van der Waals surface area contributed by atoms with E-state index < -0.39 is 0 Å². The molecule has 30 heavy (non-hydrogen) atoms. The first-order valence-electron chi connectivity index (χ1n) is 9.60. The molecule has 0 atom stereocenters. The first-order valence-corrected chi connectivity index (χ1v) is 9.60. The quantitative estimate of drug-likeness (QED) is 0.515. The number of nitrogens with zero attached hydrogens (tertiary/aromatic N) is 6. The molecule has 1 aliphatic rings. The molecule has 9 nitrogen and oxygen atoms in total. The maximum atomic E-state index is 13.0. The Kier molecular flexibility index (Phi) is 4.47. The number of benzene rings is 2. The molecule has 0 bridgehead atoms. The summed E-state index contributed by atoms with van der Waals surface area (Å²) in [5, 5.41) is 12.5. The van der Waals surface area contributed by atoms with Crippen LogP contribution in [0.5, 0.6) is 0 Å². The molecule has 0 aliphatic carbocycles. The molecule has 9 heteroatoms. The normalized spacial score (nSPS) is 14.3. The number of carbonyl (C=O) groups is 1. The van der Waals surface area contributed by atoms with E-state index >= 15 is 0 Å². The van der Waals surface area contributed by atoms with Crippen LogP contribution in [0.1, 0.15) is 10.4 Å². The van der Waals surface area contributed by atoms with E-state index in [9.17, 15) is 9.59 Å². The molecule has 1 saturated heterocycles. The molecule has 1 fully saturated rings. The summed E-state index contributed by atoms with van der Waals surface area (Å²) in [6.45, 7) is 2.30. The lowest BCUT2D eigenvalue weighted by atomic mass is 10.1. The Labute approximate surface area is 171 Å². The Morgan fingerprint density at radius 2 is 1.77 bits per heavy atom. The van der Waals surface area contributed by atoms with E-state index in [4.69, 9.17) is 4.42 Å². The fourth-order valence-electron chi connectivity index (χ4n) is 3.62. The third kappa shape index (κ3) is 3.20. The number of aromatic nitrogens is 4. The van der Waals surface area contributed by atoms with Crippen LogP contribution in [0.25, 0.3) is 16.7 Å².